The van der Waals surface area contributed by atoms with Crippen molar-refractivity contribution in [2.45, 2.75) is 33.1 Å². The Hall–Kier alpha value is -1.31. The van der Waals surface area contributed by atoms with E-state index < -0.39 is 0 Å². The maximum absolute atomic E-state index is 11.7. The van der Waals surface area contributed by atoms with E-state index in [9.17, 15) is 4.79 Å². The van der Waals surface area contributed by atoms with Crippen LogP contribution in [0.3, 0.4) is 0 Å². The first-order chi connectivity index (χ1) is 7.18. The van der Waals surface area contributed by atoms with Crippen molar-refractivity contribution in [2.75, 3.05) is 11.4 Å². The van der Waals surface area contributed by atoms with Gasteiger partial charge in [-0.3, -0.25) is 4.79 Å². The molecule has 0 atom stereocenters. The van der Waals surface area contributed by atoms with Gasteiger partial charge in [-0.05, 0) is 49.9 Å². The molecule has 2 heteroatoms. The van der Waals surface area contributed by atoms with Crippen LogP contribution in [0.15, 0.2) is 18.2 Å². The number of piperidine rings is 1. The number of carbonyl (C=O) groups excluding carboxylic acids is 1. The summed E-state index contributed by atoms with van der Waals surface area (Å²) in [6.07, 6.45) is 2.87. The standard InChI is InChI=1S/C13H17NO/c1-10-6-7-12(9-11(10)2)14-8-4-3-5-13(14)15/h6-7,9H,3-5,8H2,1-2H3. The lowest BCUT2D eigenvalue weighted by molar-refractivity contribution is -0.119. The van der Waals surface area contributed by atoms with E-state index in [1.54, 1.807) is 0 Å². The van der Waals surface area contributed by atoms with Crippen molar-refractivity contribution in [3.8, 4) is 0 Å². The number of hydrogen-bond acceptors (Lipinski definition) is 1. The van der Waals surface area contributed by atoms with Gasteiger partial charge in [-0.25, -0.2) is 0 Å². The summed E-state index contributed by atoms with van der Waals surface area (Å²) in [5.41, 5.74) is 3.59. The lowest BCUT2D eigenvalue weighted by atomic mass is 10.1. The van der Waals surface area contributed by atoms with Crippen LogP contribution in [0.25, 0.3) is 0 Å². The Morgan fingerprint density at radius 2 is 1.93 bits per heavy atom. The van der Waals surface area contributed by atoms with E-state index in [0.717, 1.165) is 25.1 Å². The molecule has 15 heavy (non-hydrogen) atoms. The zero-order valence-electron chi connectivity index (χ0n) is 9.42. The first-order valence-electron chi connectivity index (χ1n) is 5.56. The molecule has 1 aliphatic heterocycles. The SMILES string of the molecule is Cc1ccc(N2CCCCC2=O)cc1C. The van der Waals surface area contributed by atoms with Crippen LogP contribution in [0.2, 0.25) is 0 Å². The highest BCUT2D eigenvalue weighted by atomic mass is 16.2. The Morgan fingerprint density at radius 1 is 1.13 bits per heavy atom. The summed E-state index contributed by atoms with van der Waals surface area (Å²) in [6.45, 7) is 5.06. The molecule has 1 aromatic rings. The number of nitrogens with zero attached hydrogens (tertiary/aromatic N) is 1. The molecule has 0 saturated carbocycles. The minimum Gasteiger partial charge on any atom is -0.312 e. The molecule has 0 N–H and O–H groups in total. The van der Waals surface area contributed by atoms with Gasteiger partial charge in [0, 0.05) is 18.7 Å². The van der Waals surface area contributed by atoms with E-state index in [-0.39, 0.29) is 5.91 Å². The topological polar surface area (TPSA) is 20.3 Å². The summed E-state index contributed by atoms with van der Waals surface area (Å²) in [6, 6.07) is 6.25. The summed E-state index contributed by atoms with van der Waals surface area (Å²) in [4.78, 5) is 13.6. The Kier molecular flexibility index (Phi) is 2.76. The van der Waals surface area contributed by atoms with Crippen LogP contribution in [0.4, 0.5) is 5.69 Å². The van der Waals surface area contributed by atoms with Crippen LogP contribution in [0.5, 0.6) is 0 Å². The largest absolute Gasteiger partial charge is 0.312 e. The summed E-state index contributed by atoms with van der Waals surface area (Å²) in [7, 11) is 0. The van der Waals surface area contributed by atoms with Gasteiger partial charge in [-0.1, -0.05) is 6.07 Å². The predicted octanol–water partition coefficient (Wildman–Crippen LogP) is 2.82. The first-order valence-corrected chi connectivity index (χ1v) is 5.56. The van der Waals surface area contributed by atoms with Crippen LogP contribution >= 0.6 is 0 Å². The fourth-order valence-electron chi connectivity index (χ4n) is 1.97. The van der Waals surface area contributed by atoms with Gasteiger partial charge < -0.3 is 4.90 Å². The normalized spacial score (nSPS) is 16.9. The average Bonchev–Trinajstić information content (AvgIpc) is 2.23. The summed E-state index contributed by atoms with van der Waals surface area (Å²) >= 11 is 0. The summed E-state index contributed by atoms with van der Waals surface area (Å²) < 4.78 is 0. The molecule has 0 aliphatic carbocycles. The Balaban J connectivity index is 2.28. The minimum absolute atomic E-state index is 0.268. The Labute approximate surface area is 90.9 Å². The second-order valence-corrected chi connectivity index (χ2v) is 4.27. The second-order valence-electron chi connectivity index (χ2n) is 4.27. The smallest absolute Gasteiger partial charge is 0.226 e. The molecular formula is C13H17NO. The number of hydrogen-bond donors (Lipinski definition) is 0. The van der Waals surface area contributed by atoms with E-state index in [4.69, 9.17) is 0 Å². The van der Waals surface area contributed by atoms with Crippen LogP contribution in [-0.4, -0.2) is 12.5 Å². The maximum Gasteiger partial charge on any atom is 0.226 e. The van der Waals surface area contributed by atoms with E-state index in [1.165, 1.54) is 11.1 Å². The van der Waals surface area contributed by atoms with Gasteiger partial charge in [0.1, 0.15) is 0 Å². The number of carbonyl (C=O) groups is 1. The molecule has 1 amide bonds. The van der Waals surface area contributed by atoms with Crippen molar-refractivity contribution in [3.63, 3.8) is 0 Å². The molecule has 1 heterocycles. The number of amides is 1. The lowest BCUT2D eigenvalue weighted by Crippen LogP contribution is -2.35. The van der Waals surface area contributed by atoms with E-state index in [0.29, 0.717) is 6.42 Å². The van der Waals surface area contributed by atoms with Crippen molar-refractivity contribution in [2.24, 2.45) is 0 Å². The molecule has 2 rings (SSSR count). The first kappa shape index (κ1) is 10.2. The Bertz CT molecular complexity index is 384. The molecule has 0 bridgehead atoms. The molecular weight excluding hydrogens is 186 g/mol. The molecule has 1 aromatic carbocycles. The summed E-state index contributed by atoms with van der Waals surface area (Å²) in [5.74, 6) is 0.268. The molecule has 0 radical (unpaired) electrons. The highest BCUT2D eigenvalue weighted by Crippen LogP contribution is 2.23. The average molecular weight is 203 g/mol. The van der Waals surface area contributed by atoms with E-state index in [1.807, 2.05) is 11.0 Å². The van der Waals surface area contributed by atoms with Crippen molar-refractivity contribution < 1.29 is 4.79 Å². The van der Waals surface area contributed by atoms with Gasteiger partial charge in [-0.15, -0.1) is 0 Å². The predicted molar refractivity (Wildman–Crippen MR) is 62.1 cm³/mol. The van der Waals surface area contributed by atoms with Crippen molar-refractivity contribution in [3.05, 3.63) is 29.3 Å². The molecule has 1 aliphatic rings. The molecule has 80 valence electrons. The van der Waals surface area contributed by atoms with Crippen LogP contribution in [-0.2, 0) is 4.79 Å². The third kappa shape index (κ3) is 2.04. The molecule has 1 saturated heterocycles. The van der Waals surface area contributed by atoms with E-state index in [2.05, 4.69) is 26.0 Å². The van der Waals surface area contributed by atoms with Gasteiger partial charge in [-0.2, -0.15) is 0 Å². The zero-order valence-corrected chi connectivity index (χ0v) is 9.42. The van der Waals surface area contributed by atoms with Crippen molar-refractivity contribution in [1.82, 2.24) is 0 Å². The maximum atomic E-state index is 11.7. The monoisotopic (exact) mass is 203 g/mol. The molecule has 2 nitrogen and oxygen atoms in total. The van der Waals surface area contributed by atoms with Gasteiger partial charge in [0.25, 0.3) is 0 Å². The number of aryl methyl sites for hydroxylation is 2. The van der Waals surface area contributed by atoms with Crippen LogP contribution in [0, 0.1) is 13.8 Å². The number of benzene rings is 1. The minimum atomic E-state index is 0.268. The highest BCUT2D eigenvalue weighted by Gasteiger charge is 2.19. The fraction of sp³-hybridized carbons (Fsp3) is 0.462. The molecule has 1 fully saturated rings. The number of anilines is 1. The van der Waals surface area contributed by atoms with Crippen molar-refractivity contribution >= 4 is 11.6 Å². The Morgan fingerprint density at radius 3 is 2.60 bits per heavy atom. The third-order valence-electron chi connectivity index (χ3n) is 3.13. The zero-order chi connectivity index (χ0) is 10.8. The van der Waals surface area contributed by atoms with Gasteiger partial charge >= 0.3 is 0 Å². The van der Waals surface area contributed by atoms with Crippen molar-refractivity contribution in [1.29, 1.82) is 0 Å². The fourth-order valence-corrected chi connectivity index (χ4v) is 1.97. The lowest BCUT2D eigenvalue weighted by Gasteiger charge is -2.27. The van der Waals surface area contributed by atoms with Crippen LogP contribution in [0.1, 0.15) is 30.4 Å². The highest BCUT2D eigenvalue weighted by molar-refractivity contribution is 5.94. The van der Waals surface area contributed by atoms with Crippen LogP contribution < -0.4 is 4.90 Å². The van der Waals surface area contributed by atoms with Gasteiger partial charge in [0.15, 0.2) is 0 Å². The summed E-state index contributed by atoms with van der Waals surface area (Å²) in [5, 5.41) is 0. The third-order valence-corrected chi connectivity index (χ3v) is 3.13. The molecule has 0 aromatic heterocycles. The van der Waals surface area contributed by atoms with Gasteiger partial charge in [0.2, 0.25) is 5.91 Å². The van der Waals surface area contributed by atoms with E-state index >= 15 is 0 Å². The number of rotatable bonds is 1. The quantitative estimate of drug-likeness (QED) is 0.687. The molecule has 0 spiro atoms. The molecule has 0 unspecified atom stereocenters. The van der Waals surface area contributed by atoms with Gasteiger partial charge in [0.05, 0.1) is 0 Å². The second kappa shape index (κ2) is 4.05.